The highest BCUT2D eigenvalue weighted by molar-refractivity contribution is 6.21. The van der Waals surface area contributed by atoms with Gasteiger partial charge >= 0.3 is 17.9 Å². The molecule has 1 fully saturated rings. The molecule has 0 spiro atoms. The minimum atomic E-state index is -1.99. The van der Waals surface area contributed by atoms with Crippen LogP contribution in [-0.4, -0.2) is 71.8 Å². The van der Waals surface area contributed by atoms with Crippen LogP contribution in [0.25, 0.3) is 0 Å². The van der Waals surface area contributed by atoms with Crippen molar-refractivity contribution in [1.82, 2.24) is 4.90 Å². The zero-order chi connectivity index (χ0) is 22.9. The lowest BCUT2D eigenvalue weighted by molar-refractivity contribution is -0.230. The van der Waals surface area contributed by atoms with Gasteiger partial charge in [0.05, 0.1) is 17.7 Å². The van der Waals surface area contributed by atoms with E-state index in [2.05, 4.69) is 0 Å². The Morgan fingerprint density at radius 2 is 1.58 bits per heavy atom. The molecule has 0 aromatic heterocycles. The van der Waals surface area contributed by atoms with E-state index in [1.807, 2.05) is 0 Å². The van der Waals surface area contributed by atoms with E-state index in [1.165, 1.54) is 19.1 Å². The molecule has 11 heteroatoms. The lowest BCUT2D eigenvalue weighted by atomic mass is 9.90. The molecule has 1 saturated heterocycles. The second kappa shape index (κ2) is 8.44. The lowest BCUT2D eigenvalue weighted by Gasteiger charge is -2.49. The Hall–Kier alpha value is -3.31. The summed E-state index contributed by atoms with van der Waals surface area (Å²) in [5, 5.41) is 0. The molecule has 2 amide bonds. The van der Waals surface area contributed by atoms with Crippen molar-refractivity contribution >= 4 is 29.7 Å². The molecule has 1 aromatic rings. The molecular weight excluding hydrogens is 412 g/mol. The summed E-state index contributed by atoms with van der Waals surface area (Å²) >= 11 is 0. The Morgan fingerprint density at radius 3 is 2.06 bits per heavy atom. The van der Waals surface area contributed by atoms with Crippen molar-refractivity contribution in [1.29, 1.82) is 0 Å². The predicted octanol–water partition coefficient (Wildman–Crippen LogP) is -0.237. The molecule has 2 aliphatic heterocycles. The Balaban J connectivity index is 2.03. The highest BCUT2D eigenvalue weighted by Gasteiger charge is 2.60. The fraction of sp³-hybridized carbons (Fsp3) is 0.450. The molecule has 4 atom stereocenters. The minimum absolute atomic E-state index is 0.130. The Bertz CT molecular complexity index is 911. The summed E-state index contributed by atoms with van der Waals surface area (Å²) in [6, 6.07) is 6.12. The number of imide groups is 1. The third-order valence-corrected chi connectivity index (χ3v) is 4.94. The van der Waals surface area contributed by atoms with E-state index in [-0.39, 0.29) is 17.7 Å². The highest BCUT2D eigenvalue weighted by Crippen LogP contribution is 2.36. The topological polar surface area (TPSA) is 152 Å². The van der Waals surface area contributed by atoms with E-state index >= 15 is 0 Å². The predicted molar refractivity (Wildman–Crippen MR) is 101 cm³/mol. The summed E-state index contributed by atoms with van der Waals surface area (Å²) in [6.07, 6.45) is -3.89. The first-order valence-electron chi connectivity index (χ1n) is 9.42. The molecule has 11 nitrogen and oxygen atoms in total. The van der Waals surface area contributed by atoms with Crippen LogP contribution in [0, 0.1) is 0 Å². The number of benzene rings is 1. The van der Waals surface area contributed by atoms with Crippen molar-refractivity contribution in [3.05, 3.63) is 35.4 Å². The number of esters is 3. The number of amides is 2. The van der Waals surface area contributed by atoms with Gasteiger partial charge in [-0.3, -0.25) is 24.0 Å². The minimum Gasteiger partial charge on any atom is -0.463 e. The van der Waals surface area contributed by atoms with Crippen LogP contribution in [0.3, 0.4) is 0 Å². The van der Waals surface area contributed by atoms with Crippen molar-refractivity contribution in [3.8, 4) is 0 Å². The second-order valence-corrected chi connectivity index (χ2v) is 7.24. The SMILES string of the molecule is CC(=O)OC[C@H]1OC[C@@](N)(N2C(=O)c3ccccc3C2=O)[C@@H](OC(C)=O)[C@@H]1OC(C)=O. The highest BCUT2D eigenvalue weighted by atomic mass is 16.6. The maximum Gasteiger partial charge on any atom is 0.303 e. The van der Waals surface area contributed by atoms with Gasteiger partial charge in [0, 0.05) is 20.8 Å². The summed E-state index contributed by atoms with van der Waals surface area (Å²) in [5.74, 6) is -3.57. The van der Waals surface area contributed by atoms with Crippen LogP contribution in [-0.2, 0) is 33.3 Å². The molecule has 2 aliphatic rings. The number of fused-ring (bicyclic) bond motifs is 1. The van der Waals surface area contributed by atoms with Gasteiger partial charge in [-0.15, -0.1) is 0 Å². The van der Waals surface area contributed by atoms with Gasteiger partial charge in [-0.05, 0) is 12.1 Å². The number of hydrogen-bond acceptors (Lipinski definition) is 10. The van der Waals surface area contributed by atoms with Crippen molar-refractivity contribution in [2.24, 2.45) is 5.73 Å². The number of carbonyl (C=O) groups excluding carboxylic acids is 5. The summed E-state index contributed by atoms with van der Waals surface area (Å²) in [5.41, 5.74) is 4.75. The van der Waals surface area contributed by atoms with Crippen LogP contribution in [0.15, 0.2) is 24.3 Å². The monoisotopic (exact) mass is 434 g/mol. The average molecular weight is 434 g/mol. The molecule has 0 aliphatic carbocycles. The van der Waals surface area contributed by atoms with Crippen molar-refractivity contribution in [2.75, 3.05) is 13.2 Å². The van der Waals surface area contributed by atoms with E-state index in [0.29, 0.717) is 0 Å². The molecule has 0 unspecified atom stereocenters. The zero-order valence-corrected chi connectivity index (χ0v) is 17.2. The van der Waals surface area contributed by atoms with Crippen LogP contribution in [0.5, 0.6) is 0 Å². The summed E-state index contributed by atoms with van der Waals surface area (Å²) in [4.78, 5) is 61.6. The zero-order valence-electron chi connectivity index (χ0n) is 17.2. The Labute approximate surface area is 177 Å². The van der Waals surface area contributed by atoms with Crippen LogP contribution < -0.4 is 5.73 Å². The molecule has 166 valence electrons. The quantitative estimate of drug-likeness (QED) is 0.373. The third-order valence-electron chi connectivity index (χ3n) is 4.94. The normalized spacial score (nSPS) is 27.5. The van der Waals surface area contributed by atoms with Crippen molar-refractivity contribution < 1.29 is 42.9 Å². The van der Waals surface area contributed by atoms with Crippen LogP contribution in [0.4, 0.5) is 0 Å². The van der Waals surface area contributed by atoms with Crippen molar-refractivity contribution in [2.45, 2.75) is 44.7 Å². The number of ether oxygens (including phenoxy) is 4. The van der Waals surface area contributed by atoms with Crippen LogP contribution in [0.2, 0.25) is 0 Å². The molecular formula is C20H22N2O9. The number of nitrogens with two attached hydrogens (primary N) is 1. The molecule has 1 aromatic carbocycles. The number of hydrogen-bond donors (Lipinski definition) is 1. The van der Waals surface area contributed by atoms with Gasteiger partial charge in [-0.2, -0.15) is 0 Å². The molecule has 3 rings (SSSR count). The summed E-state index contributed by atoms with van der Waals surface area (Å²) < 4.78 is 21.3. The van der Waals surface area contributed by atoms with E-state index in [1.54, 1.807) is 12.1 Å². The van der Waals surface area contributed by atoms with E-state index in [9.17, 15) is 24.0 Å². The molecule has 31 heavy (non-hydrogen) atoms. The number of nitrogens with zero attached hydrogens (tertiary/aromatic N) is 1. The van der Waals surface area contributed by atoms with Gasteiger partial charge in [0.15, 0.2) is 17.9 Å². The van der Waals surface area contributed by atoms with E-state index in [0.717, 1.165) is 18.7 Å². The van der Waals surface area contributed by atoms with Gasteiger partial charge in [0.2, 0.25) is 0 Å². The fourth-order valence-corrected chi connectivity index (χ4v) is 3.68. The first kappa shape index (κ1) is 22.4. The van der Waals surface area contributed by atoms with E-state index in [4.69, 9.17) is 24.7 Å². The maximum absolute atomic E-state index is 13.0. The molecule has 0 saturated carbocycles. The van der Waals surface area contributed by atoms with Gasteiger partial charge in [-0.1, -0.05) is 12.1 Å². The molecule has 0 radical (unpaired) electrons. The first-order valence-corrected chi connectivity index (χ1v) is 9.42. The fourth-order valence-electron chi connectivity index (χ4n) is 3.68. The number of rotatable bonds is 5. The summed E-state index contributed by atoms with van der Waals surface area (Å²) in [6.45, 7) is 2.61. The average Bonchev–Trinajstić information content (AvgIpc) is 2.95. The second-order valence-electron chi connectivity index (χ2n) is 7.24. The van der Waals surface area contributed by atoms with Crippen molar-refractivity contribution in [3.63, 3.8) is 0 Å². The van der Waals surface area contributed by atoms with Gasteiger partial charge < -0.3 is 24.7 Å². The van der Waals surface area contributed by atoms with E-state index < -0.39 is 60.3 Å². The molecule has 0 bridgehead atoms. The third kappa shape index (κ3) is 4.14. The van der Waals surface area contributed by atoms with Crippen LogP contribution >= 0.6 is 0 Å². The smallest absolute Gasteiger partial charge is 0.303 e. The molecule has 2 heterocycles. The maximum atomic E-state index is 13.0. The standard InChI is InChI=1S/C20H22N2O9/c1-10(23)28-8-15-16(30-11(2)24)17(31-12(3)25)20(21,9-29-15)22-18(26)13-6-4-5-7-14(13)19(22)27/h4-7,15-17H,8-9,21H2,1-3H3/t15-,16-,17+,20-/m1/s1. The lowest BCUT2D eigenvalue weighted by Crippen LogP contribution is -2.76. The van der Waals surface area contributed by atoms with Crippen LogP contribution in [0.1, 0.15) is 41.5 Å². The number of carbonyl (C=O) groups is 5. The Morgan fingerprint density at radius 1 is 1.03 bits per heavy atom. The largest absolute Gasteiger partial charge is 0.463 e. The van der Waals surface area contributed by atoms with Gasteiger partial charge in [0.1, 0.15) is 12.7 Å². The van der Waals surface area contributed by atoms with Gasteiger partial charge in [-0.25, -0.2) is 4.90 Å². The van der Waals surface area contributed by atoms with Gasteiger partial charge in [0.25, 0.3) is 11.8 Å². The Kier molecular flexibility index (Phi) is 6.09. The first-order chi connectivity index (χ1) is 14.6. The molecule has 2 N–H and O–H groups in total. The summed E-state index contributed by atoms with van der Waals surface area (Å²) in [7, 11) is 0.